The fourth-order valence-electron chi connectivity index (χ4n) is 3.38. The third kappa shape index (κ3) is 3.65. The standard InChI is InChI=1S/C18H22N4O3/c1-11(23)21-16(18(25)22-7-6-12(10-22)17(19)24)8-13-9-20-15-5-3-2-4-14(13)15/h2-5,9,12,16,20H,6-8,10H2,1H3,(H2,19,24)(H,21,23)/t12-,16+/m1/s1. The molecule has 1 fully saturated rings. The number of amides is 3. The number of hydrogen-bond acceptors (Lipinski definition) is 3. The van der Waals surface area contributed by atoms with Crippen molar-refractivity contribution in [3.05, 3.63) is 36.0 Å². The van der Waals surface area contributed by atoms with Crippen LogP contribution in [0.2, 0.25) is 0 Å². The lowest BCUT2D eigenvalue weighted by atomic mass is 10.0. The molecule has 2 aromatic rings. The van der Waals surface area contributed by atoms with Gasteiger partial charge in [0.15, 0.2) is 0 Å². The van der Waals surface area contributed by atoms with Crippen molar-refractivity contribution in [3.63, 3.8) is 0 Å². The first-order valence-corrected chi connectivity index (χ1v) is 8.36. The van der Waals surface area contributed by atoms with Gasteiger partial charge in [-0.15, -0.1) is 0 Å². The number of nitrogens with zero attached hydrogens (tertiary/aromatic N) is 1. The van der Waals surface area contributed by atoms with Crippen LogP contribution in [-0.2, 0) is 20.8 Å². The van der Waals surface area contributed by atoms with Gasteiger partial charge in [0.2, 0.25) is 17.7 Å². The maximum atomic E-state index is 12.9. The summed E-state index contributed by atoms with van der Waals surface area (Å²) in [5.74, 6) is -1.13. The van der Waals surface area contributed by atoms with Crippen LogP contribution in [0.15, 0.2) is 30.5 Å². The first kappa shape index (κ1) is 17.0. The molecule has 0 unspecified atom stereocenters. The lowest BCUT2D eigenvalue weighted by Crippen LogP contribution is -2.48. The molecular formula is C18H22N4O3. The number of likely N-dealkylation sites (tertiary alicyclic amines) is 1. The van der Waals surface area contributed by atoms with Gasteiger partial charge in [0.1, 0.15) is 6.04 Å². The fraction of sp³-hybridized carbons (Fsp3) is 0.389. The van der Waals surface area contributed by atoms with Crippen LogP contribution in [0.4, 0.5) is 0 Å². The SMILES string of the molecule is CC(=O)N[C@@H](Cc1c[nH]c2ccccc12)C(=O)N1CC[C@@H](C(N)=O)C1. The van der Waals surface area contributed by atoms with Crippen LogP contribution in [-0.4, -0.2) is 46.7 Å². The normalized spacial score (nSPS) is 18.3. The summed E-state index contributed by atoms with van der Waals surface area (Å²) >= 11 is 0. The number of rotatable bonds is 5. The topological polar surface area (TPSA) is 108 Å². The van der Waals surface area contributed by atoms with Gasteiger partial charge in [-0.1, -0.05) is 18.2 Å². The zero-order valence-electron chi connectivity index (χ0n) is 14.1. The molecule has 1 saturated heterocycles. The van der Waals surface area contributed by atoms with E-state index in [1.54, 1.807) is 4.90 Å². The van der Waals surface area contributed by atoms with Crippen molar-refractivity contribution in [2.45, 2.75) is 25.8 Å². The van der Waals surface area contributed by atoms with Crippen LogP contribution in [0.1, 0.15) is 18.9 Å². The minimum absolute atomic E-state index is 0.177. The summed E-state index contributed by atoms with van der Waals surface area (Å²) in [5.41, 5.74) is 7.29. The largest absolute Gasteiger partial charge is 0.369 e. The van der Waals surface area contributed by atoms with Crippen LogP contribution in [0, 0.1) is 5.92 Å². The van der Waals surface area contributed by atoms with Crippen molar-refractivity contribution in [1.82, 2.24) is 15.2 Å². The average molecular weight is 342 g/mol. The van der Waals surface area contributed by atoms with E-state index in [4.69, 9.17) is 5.73 Å². The molecule has 1 aliphatic rings. The third-order valence-electron chi connectivity index (χ3n) is 4.68. The Kier molecular flexibility index (Phi) is 4.74. The first-order valence-electron chi connectivity index (χ1n) is 8.36. The van der Waals surface area contributed by atoms with Gasteiger partial charge in [-0.3, -0.25) is 14.4 Å². The summed E-state index contributed by atoms with van der Waals surface area (Å²) in [6, 6.07) is 7.16. The highest BCUT2D eigenvalue weighted by Crippen LogP contribution is 2.21. The summed E-state index contributed by atoms with van der Waals surface area (Å²) in [5, 5.41) is 3.77. The molecule has 1 aromatic carbocycles. The zero-order chi connectivity index (χ0) is 18.0. The van der Waals surface area contributed by atoms with Crippen LogP contribution < -0.4 is 11.1 Å². The predicted molar refractivity (Wildman–Crippen MR) is 93.5 cm³/mol. The van der Waals surface area contributed by atoms with E-state index < -0.39 is 6.04 Å². The van der Waals surface area contributed by atoms with Gasteiger partial charge < -0.3 is 20.9 Å². The zero-order valence-corrected chi connectivity index (χ0v) is 14.1. The molecule has 3 rings (SSSR count). The molecule has 0 aliphatic carbocycles. The lowest BCUT2D eigenvalue weighted by molar-refractivity contribution is -0.135. The van der Waals surface area contributed by atoms with E-state index in [0.29, 0.717) is 25.9 Å². The molecule has 2 atom stereocenters. The van der Waals surface area contributed by atoms with Gasteiger partial charge >= 0.3 is 0 Å². The molecular weight excluding hydrogens is 320 g/mol. The summed E-state index contributed by atoms with van der Waals surface area (Å²) in [7, 11) is 0. The molecule has 0 radical (unpaired) electrons. The Labute approximate surface area is 145 Å². The first-order chi connectivity index (χ1) is 12.0. The second kappa shape index (κ2) is 6.96. The van der Waals surface area contributed by atoms with Crippen molar-refractivity contribution in [1.29, 1.82) is 0 Å². The molecule has 7 heteroatoms. The van der Waals surface area contributed by atoms with Crippen LogP contribution in [0.3, 0.4) is 0 Å². The smallest absolute Gasteiger partial charge is 0.245 e. The molecule has 1 aliphatic heterocycles. The Hall–Kier alpha value is -2.83. The number of nitrogens with two attached hydrogens (primary N) is 1. The van der Waals surface area contributed by atoms with Crippen molar-refractivity contribution in [2.24, 2.45) is 11.7 Å². The number of benzene rings is 1. The van der Waals surface area contributed by atoms with E-state index in [2.05, 4.69) is 10.3 Å². The van der Waals surface area contributed by atoms with Gasteiger partial charge in [0, 0.05) is 43.5 Å². The highest BCUT2D eigenvalue weighted by Gasteiger charge is 2.33. The quantitative estimate of drug-likeness (QED) is 0.738. The monoisotopic (exact) mass is 342 g/mol. The van der Waals surface area contributed by atoms with E-state index in [1.807, 2.05) is 30.5 Å². The highest BCUT2D eigenvalue weighted by molar-refractivity contribution is 5.90. The molecule has 0 spiro atoms. The Bertz CT molecular complexity index is 814. The molecule has 4 N–H and O–H groups in total. The van der Waals surface area contributed by atoms with Gasteiger partial charge in [-0.25, -0.2) is 0 Å². The summed E-state index contributed by atoms with van der Waals surface area (Å²) in [6.45, 7) is 2.19. The van der Waals surface area contributed by atoms with Gasteiger partial charge in [0.05, 0.1) is 5.92 Å². The number of carbonyl (C=O) groups excluding carboxylic acids is 3. The maximum absolute atomic E-state index is 12.9. The van der Waals surface area contributed by atoms with Crippen LogP contribution >= 0.6 is 0 Å². The number of primary amides is 1. The molecule has 1 aromatic heterocycles. The molecule has 3 amide bonds. The third-order valence-corrected chi connectivity index (χ3v) is 4.68. The van der Waals surface area contributed by atoms with Crippen LogP contribution in [0.5, 0.6) is 0 Å². The second-order valence-electron chi connectivity index (χ2n) is 6.49. The molecule has 2 heterocycles. The molecule has 132 valence electrons. The summed E-state index contributed by atoms with van der Waals surface area (Å²) in [4.78, 5) is 40.6. The molecule has 25 heavy (non-hydrogen) atoms. The number of para-hydroxylation sites is 1. The maximum Gasteiger partial charge on any atom is 0.245 e. The molecule has 0 saturated carbocycles. The number of carbonyl (C=O) groups is 3. The average Bonchev–Trinajstić information content (AvgIpc) is 3.21. The fourth-order valence-corrected chi connectivity index (χ4v) is 3.38. The Morgan fingerprint density at radius 1 is 1.36 bits per heavy atom. The Balaban J connectivity index is 1.79. The highest BCUT2D eigenvalue weighted by atomic mass is 16.2. The number of nitrogens with one attached hydrogen (secondary N) is 2. The van der Waals surface area contributed by atoms with E-state index in [1.165, 1.54) is 6.92 Å². The predicted octanol–water partition coefficient (Wildman–Crippen LogP) is 0.549. The van der Waals surface area contributed by atoms with Crippen molar-refractivity contribution in [2.75, 3.05) is 13.1 Å². The van der Waals surface area contributed by atoms with Crippen molar-refractivity contribution >= 4 is 28.6 Å². The lowest BCUT2D eigenvalue weighted by Gasteiger charge is -2.24. The number of hydrogen-bond donors (Lipinski definition) is 3. The molecule has 0 bridgehead atoms. The van der Waals surface area contributed by atoms with Gasteiger partial charge in [-0.2, -0.15) is 0 Å². The number of aromatic amines is 1. The van der Waals surface area contributed by atoms with Gasteiger partial charge in [0.25, 0.3) is 0 Å². The van der Waals surface area contributed by atoms with Gasteiger partial charge in [-0.05, 0) is 18.1 Å². The Morgan fingerprint density at radius 3 is 2.80 bits per heavy atom. The second-order valence-corrected chi connectivity index (χ2v) is 6.49. The van der Waals surface area contributed by atoms with Crippen molar-refractivity contribution in [3.8, 4) is 0 Å². The molecule has 7 nitrogen and oxygen atoms in total. The van der Waals surface area contributed by atoms with E-state index in [9.17, 15) is 14.4 Å². The summed E-state index contributed by atoms with van der Waals surface area (Å²) < 4.78 is 0. The Morgan fingerprint density at radius 2 is 2.12 bits per heavy atom. The number of fused-ring (bicyclic) bond motifs is 1. The summed E-state index contributed by atoms with van der Waals surface area (Å²) in [6.07, 6.45) is 2.82. The minimum atomic E-state index is -0.664. The minimum Gasteiger partial charge on any atom is -0.369 e. The van der Waals surface area contributed by atoms with E-state index in [0.717, 1.165) is 16.5 Å². The number of H-pyrrole nitrogens is 1. The number of aromatic nitrogens is 1. The van der Waals surface area contributed by atoms with Crippen molar-refractivity contribution < 1.29 is 14.4 Å². The van der Waals surface area contributed by atoms with E-state index >= 15 is 0 Å². The van der Waals surface area contributed by atoms with E-state index in [-0.39, 0.29) is 23.6 Å². The van der Waals surface area contributed by atoms with Crippen LogP contribution in [0.25, 0.3) is 10.9 Å².